The monoisotopic (exact) mass is 254 g/mol. The fourth-order valence-corrected chi connectivity index (χ4v) is 2.27. The van der Waals surface area contributed by atoms with Gasteiger partial charge in [-0.2, -0.15) is 0 Å². The van der Waals surface area contributed by atoms with E-state index in [1.54, 1.807) is 0 Å². The molecule has 0 N–H and O–H groups in total. The molecular weight excluding hydrogens is 236 g/mol. The Labute approximate surface area is 113 Å². The Kier molecular flexibility index (Phi) is 3.42. The maximum absolute atomic E-state index is 4.50. The second-order valence-corrected chi connectivity index (χ2v) is 4.93. The van der Waals surface area contributed by atoms with Gasteiger partial charge in [0.25, 0.3) is 0 Å². The topological polar surface area (TPSA) is 32.3 Å². The maximum atomic E-state index is 4.50. The molecule has 0 bridgehead atoms. The molecule has 4 nitrogen and oxygen atoms in total. The highest BCUT2D eigenvalue weighted by Crippen LogP contribution is 2.18. The minimum absolute atomic E-state index is 0.841. The first-order valence-electron chi connectivity index (χ1n) is 6.64. The molecule has 1 saturated heterocycles. The van der Waals surface area contributed by atoms with E-state index < -0.39 is 0 Å². The Balaban J connectivity index is 1.76. The number of hydrogen-bond donors (Lipinski definition) is 0. The molecule has 1 aromatic heterocycles. The molecule has 1 fully saturated rings. The number of nitrogens with zero attached hydrogens (tertiary/aromatic N) is 4. The average molecular weight is 254 g/mol. The molecule has 4 heteroatoms. The van der Waals surface area contributed by atoms with Gasteiger partial charge in [-0.15, -0.1) is 0 Å². The molecule has 0 radical (unpaired) electrons. The van der Waals surface area contributed by atoms with Crippen LogP contribution in [0.5, 0.6) is 0 Å². The Bertz CT molecular complexity index is 516. The smallest absolute Gasteiger partial charge is 0.225 e. The van der Waals surface area contributed by atoms with E-state index in [0.29, 0.717) is 0 Å². The third-order valence-electron chi connectivity index (χ3n) is 3.53. The maximum Gasteiger partial charge on any atom is 0.225 e. The van der Waals surface area contributed by atoms with Crippen LogP contribution in [0.15, 0.2) is 42.7 Å². The van der Waals surface area contributed by atoms with Crippen molar-refractivity contribution in [2.45, 2.75) is 0 Å². The van der Waals surface area contributed by atoms with Gasteiger partial charge in [0.2, 0.25) is 5.95 Å². The fraction of sp³-hybridized carbons (Fsp3) is 0.333. The summed E-state index contributed by atoms with van der Waals surface area (Å²) in [6, 6.07) is 10.2. The highest BCUT2D eigenvalue weighted by molar-refractivity contribution is 5.61. The van der Waals surface area contributed by atoms with E-state index in [9.17, 15) is 0 Å². The van der Waals surface area contributed by atoms with Crippen LogP contribution in [0, 0.1) is 0 Å². The third kappa shape index (κ3) is 2.74. The number of likely N-dealkylation sites (N-methyl/N-ethyl adjacent to an activating group) is 1. The molecule has 0 atom stereocenters. The summed E-state index contributed by atoms with van der Waals surface area (Å²) in [5, 5.41) is 0. The Hall–Kier alpha value is -1.94. The zero-order valence-electron chi connectivity index (χ0n) is 11.2. The van der Waals surface area contributed by atoms with E-state index in [1.807, 2.05) is 30.6 Å². The molecule has 1 aliphatic heterocycles. The van der Waals surface area contributed by atoms with Crippen molar-refractivity contribution in [2.75, 3.05) is 38.1 Å². The minimum atomic E-state index is 0.841. The van der Waals surface area contributed by atoms with Crippen molar-refractivity contribution in [1.82, 2.24) is 14.9 Å². The number of piperazine rings is 1. The van der Waals surface area contributed by atoms with Gasteiger partial charge in [0, 0.05) is 44.1 Å². The lowest BCUT2D eigenvalue weighted by molar-refractivity contribution is 0.311. The van der Waals surface area contributed by atoms with Gasteiger partial charge in [0.15, 0.2) is 0 Å². The first-order valence-corrected chi connectivity index (χ1v) is 6.64. The van der Waals surface area contributed by atoms with Crippen LogP contribution in [-0.4, -0.2) is 48.1 Å². The fourth-order valence-electron chi connectivity index (χ4n) is 2.27. The van der Waals surface area contributed by atoms with Crippen molar-refractivity contribution in [3.63, 3.8) is 0 Å². The summed E-state index contributed by atoms with van der Waals surface area (Å²) >= 11 is 0. The predicted molar refractivity (Wildman–Crippen MR) is 77.2 cm³/mol. The molecule has 1 aromatic carbocycles. The lowest BCUT2D eigenvalue weighted by Crippen LogP contribution is -2.45. The van der Waals surface area contributed by atoms with E-state index in [0.717, 1.165) is 43.3 Å². The molecular formula is C15H18N4. The predicted octanol–water partition coefficient (Wildman–Crippen LogP) is 1.90. The summed E-state index contributed by atoms with van der Waals surface area (Å²) < 4.78 is 0. The molecule has 1 aliphatic rings. The highest BCUT2D eigenvalue weighted by Gasteiger charge is 2.16. The third-order valence-corrected chi connectivity index (χ3v) is 3.53. The van der Waals surface area contributed by atoms with Crippen LogP contribution in [0.1, 0.15) is 0 Å². The van der Waals surface area contributed by atoms with Crippen molar-refractivity contribution in [3.8, 4) is 11.1 Å². The van der Waals surface area contributed by atoms with Crippen LogP contribution in [0.25, 0.3) is 11.1 Å². The van der Waals surface area contributed by atoms with E-state index in [4.69, 9.17) is 0 Å². The lowest BCUT2D eigenvalue weighted by Gasteiger charge is -2.32. The Morgan fingerprint density at radius 2 is 1.47 bits per heavy atom. The second kappa shape index (κ2) is 5.36. The average Bonchev–Trinajstić information content (AvgIpc) is 2.49. The first-order chi connectivity index (χ1) is 9.33. The molecule has 98 valence electrons. The summed E-state index contributed by atoms with van der Waals surface area (Å²) in [5.74, 6) is 0.841. The standard InChI is InChI=1S/C15H18N4/c1-18-7-9-19(10-8-18)15-16-11-14(12-17-15)13-5-3-2-4-6-13/h2-6,11-12H,7-10H2,1H3. The zero-order chi connectivity index (χ0) is 13.1. The van der Waals surface area contributed by atoms with Crippen LogP contribution in [0.4, 0.5) is 5.95 Å². The second-order valence-electron chi connectivity index (χ2n) is 4.93. The van der Waals surface area contributed by atoms with Gasteiger partial charge < -0.3 is 9.80 Å². The summed E-state index contributed by atoms with van der Waals surface area (Å²) in [6.45, 7) is 4.15. The van der Waals surface area contributed by atoms with Gasteiger partial charge in [-0.3, -0.25) is 0 Å². The SMILES string of the molecule is CN1CCN(c2ncc(-c3ccccc3)cn2)CC1. The summed E-state index contributed by atoms with van der Waals surface area (Å²) in [7, 11) is 2.15. The van der Waals surface area contributed by atoms with Crippen LogP contribution < -0.4 is 4.90 Å². The summed E-state index contributed by atoms with van der Waals surface area (Å²) in [4.78, 5) is 13.6. The van der Waals surface area contributed by atoms with Crippen LogP contribution in [0.2, 0.25) is 0 Å². The molecule has 3 rings (SSSR count). The number of hydrogen-bond acceptors (Lipinski definition) is 4. The molecule has 0 saturated carbocycles. The van der Waals surface area contributed by atoms with Gasteiger partial charge in [0.05, 0.1) is 0 Å². The molecule has 19 heavy (non-hydrogen) atoms. The number of anilines is 1. The molecule has 0 amide bonds. The van der Waals surface area contributed by atoms with Crippen molar-refractivity contribution in [2.24, 2.45) is 0 Å². The van der Waals surface area contributed by atoms with E-state index in [1.165, 1.54) is 0 Å². The van der Waals surface area contributed by atoms with E-state index in [-0.39, 0.29) is 0 Å². The van der Waals surface area contributed by atoms with Crippen LogP contribution >= 0.6 is 0 Å². The van der Waals surface area contributed by atoms with Gasteiger partial charge in [-0.05, 0) is 12.6 Å². The van der Waals surface area contributed by atoms with Crippen molar-refractivity contribution in [3.05, 3.63) is 42.7 Å². The molecule has 0 unspecified atom stereocenters. The van der Waals surface area contributed by atoms with Gasteiger partial charge in [0.1, 0.15) is 0 Å². The number of benzene rings is 1. The highest BCUT2D eigenvalue weighted by atomic mass is 15.3. The number of rotatable bonds is 2. The molecule has 2 aromatic rings. The summed E-state index contributed by atoms with van der Waals surface area (Å²) in [5.41, 5.74) is 2.23. The Morgan fingerprint density at radius 1 is 0.842 bits per heavy atom. The molecule has 2 heterocycles. The van der Waals surface area contributed by atoms with Crippen LogP contribution in [-0.2, 0) is 0 Å². The van der Waals surface area contributed by atoms with E-state index >= 15 is 0 Å². The normalized spacial score (nSPS) is 16.6. The van der Waals surface area contributed by atoms with Crippen LogP contribution in [0.3, 0.4) is 0 Å². The van der Waals surface area contributed by atoms with Gasteiger partial charge >= 0.3 is 0 Å². The quantitative estimate of drug-likeness (QED) is 0.819. The van der Waals surface area contributed by atoms with Gasteiger partial charge in [-0.25, -0.2) is 9.97 Å². The van der Waals surface area contributed by atoms with Crippen molar-refractivity contribution < 1.29 is 0 Å². The largest absolute Gasteiger partial charge is 0.338 e. The van der Waals surface area contributed by atoms with Crippen molar-refractivity contribution in [1.29, 1.82) is 0 Å². The minimum Gasteiger partial charge on any atom is -0.338 e. The number of aromatic nitrogens is 2. The first kappa shape index (κ1) is 12.1. The zero-order valence-corrected chi connectivity index (χ0v) is 11.2. The van der Waals surface area contributed by atoms with E-state index in [2.05, 4.69) is 38.9 Å². The molecule has 0 spiro atoms. The molecule has 0 aliphatic carbocycles. The lowest BCUT2D eigenvalue weighted by atomic mass is 10.1. The van der Waals surface area contributed by atoms with Gasteiger partial charge in [-0.1, -0.05) is 30.3 Å². The Morgan fingerprint density at radius 3 is 2.11 bits per heavy atom. The summed E-state index contributed by atoms with van der Waals surface area (Å²) in [6.07, 6.45) is 3.83. The van der Waals surface area contributed by atoms with Crippen molar-refractivity contribution >= 4 is 5.95 Å².